The molecule has 2 aromatic heterocycles. The van der Waals surface area contributed by atoms with Gasteiger partial charge >= 0.3 is 0 Å². The molecule has 0 aliphatic carbocycles. The van der Waals surface area contributed by atoms with Gasteiger partial charge in [-0.15, -0.1) is 0 Å². The van der Waals surface area contributed by atoms with E-state index in [4.69, 9.17) is 16.1 Å². The van der Waals surface area contributed by atoms with Crippen LogP contribution in [0.15, 0.2) is 38.2 Å². The van der Waals surface area contributed by atoms with Crippen molar-refractivity contribution in [2.24, 2.45) is 0 Å². The molecule has 1 aromatic carbocycles. The van der Waals surface area contributed by atoms with Gasteiger partial charge in [-0.05, 0) is 47.5 Å². The largest absolute Gasteiger partial charge is 0.353 e. The highest BCUT2D eigenvalue weighted by molar-refractivity contribution is 9.10. The molecule has 7 heteroatoms. The second-order valence-electron chi connectivity index (χ2n) is 4.74. The van der Waals surface area contributed by atoms with Crippen LogP contribution in [0, 0.1) is 6.92 Å². The molecular formula is C14H11BrClN3O2. The van der Waals surface area contributed by atoms with Crippen LogP contribution in [0.25, 0.3) is 11.0 Å². The van der Waals surface area contributed by atoms with Crippen molar-refractivity contribution in [3.63, 3.8) is 0 Å². The van der Waals surface area contributed by atoms with Gasteiger partial charge in [0.1, 0.15) is 5.39 Å². The maximum atomic E-state index is 12.6. The van der Waals surface area contributed by atoms with E-state index in [-0.39, 0.29) is 11.6 Å². The van der Waals surface area contributed by atoms with Gasteiger partial charge in [-0.2, -0.15) is 5.10 Å². The first-order valence-corrected chi connectivity index (χ1v) is 7.46. The first kappa shape index (κ1) is 14.3. The van der Waals surface area contributed by atoms with Crippen LogP contribution in [0.5, 0.6) is 0 Å². The third-order valence-corrected chi connectivity index (χ3v) is 4.16. The molecule has 0 saturated carbocycles. The van der Waals surface area contributed by atoms with E-state index in [1.54, 1.807) is 19.1 Å². The van der Waals surface area contributed by atoms with E-state index in [0.29, 0.717) is 26.3 Å². The normalized spacial score (nSPS) is 12.8. The molecule has 0 spiro atoms. The zero-order chi connectivity index (χ0) is 15.1. The smallest absolute Gasteiger partial charge is 0.280 e. The molecule has 0 aliphatic heterocycles. The zero-order valence-electron chi connectivity index (χ0n) is 11.3. The minimum atomic E-state index is -0.232. The molecule has 3 rings (SSSR count). The summed E-state index contributed by atoms with van der Waals surface area (Å²) in [4.78, 5) is 12.6. The van der Waals surface area contributed by atoms with Crippen LogP contribution in [0.1, 0.15) is 24.2 Å². The molecule has 5 nitrogen and oxygen atoms in total. The standard InChI is InChI=1S/C14H11BrClN3O2/c1-7-11-12(21-18-7)13(15)17-19(14(11)20)8(2)9-3-5-10(16)6-4-9/h3-6,8H,1-2H3/t8-/m1/s1. The van der Waals surface area contributed by atoms with Crippen molar-refractivity contribution in [2.45, 2.75) is 19.9 Å². The van der Waals surface area contributed by atoms with Gasteiger partial charge in [0.05, 0.1) is 11.7 Å². The second kappa shape index (κ2) is 5.27. The van der Waals surface area contributed by atoms with Crippen LogP contribution in [0.3, 0.4) is 0 Å². The fourth-order valence-electron chi connectivity index (χ4n) is 2.21. The number of nitrogens with zero attached hydrogens (tertiary/aromatic N) is 3. The molecule has 1 atom stereocenters. The molecule has 0 aliphatic rings. The summed E-state index contributed by atoms with van der Waals surface area (Å²) < 4.78 is 7.00. The van der Waals surface area contributed by atoms with Crippen molar-refractivity contribution in [1.29, 1.82) is 0 Å². The Labute approximate surface area is 133 Å². The first-order valence-electron chi connectivity index (χ1n) is 6.29. The van der Waals surface area contributed by atoms with Crippen LogP contribution in [0.4, 0.5) is 0 Å². The summed E-state index contributed by atoms with van der Waals surface area (Å²) in [5.41, 5.74) is 1.64. The molecule has 0 radical (unpaired) electrons. The lowest BCUT2D eigenvalue weighted by Crippen LogP contribution is -2.27. The summed E-state index contributed by atoms with van der Waals surface area (Å²) in [6, 6.07) is 7.09. The van der Waals surface area contributed by atoms with E-state index in [1.165, 1.54) is 4.68 Å². The van der Waals surface area contributed by atoms with Gasteiger partial charge in [0.25, 0.3) is 5.56 Å². The predicted molar refractivity (Wildman–Crippen MR) is 83.8 cm³/mol. The van der Waals surface area contributed by atoms with E-state index in [0.717, 1.165) is 5.56 Å². The van der Waals surface area contributed by atoms with E-state index in [1.807, 2.05) is 19.1 Å². The van der Waals surface area contributed by atoms with Crippen molar-refractivity contribution in [3.8, 4) is 0 Å². The number of rotatable bonds is 2. The van der Waals surface area contributed by atoms with Crippen molar-refractivity contribution >= 4 is 38.5 Å². The molecule has 2 heterocycles. The summed E-state index contributed by atoms with van der Waals surface area (Å²) in [7, 11) is 0. The van der Waals surface area contributed by atoms with Gasteiger partial charge in [0.2, 0.25) is 5.58 Å². The van der Waals surface area contributed by atoms with Crippen LogP contribution in [-0.4, -0.2) is 14.9 Å². The molecule has 0 unspecified atom stereocenters. The van der Waals surface area contributed by atoms with Gasteiger partial charge in [-0.1, -0.05) is 28.9 Å². The number of aryl methyl sites for hydroxylation is 1. The summed E-state index contributed by atoms with van der Waals surface area (Å²) in [5, 5.41) is 9.19. The fourth-order valence-corrected chi connectivity index (χ4v) is 2.77. The maximum Gasteiger partial charge on any atom is 0.280 e. The first-order chi connectivity index (χ1) is 9.99. The minimum Gasteiger partial charge on any atom is -0.353 e. The Morgan fingerprint density at radius 3 is 2.67 bits per heavy atom. The maximum absolute atomic E-state index is 12.6. The van der Waals surface area contributed by atoms with Crippen molar-refractivity contribution in [3.05, 3.63) is 55.5 Å². The molecule has 0 saturated heterocycles. The number of halogens is 2. The summed E-state index contributed by atoms with van der Waals surface area (Å²) >= 11 is 9.21. The van der Waals surface area contributed by atoms with Gasteiger partial charge in [-0.25, -0.2) is 4.68 Å². The highest BCUT2D eigenvalue weighted by atomic mass is 79.9. The van der Waals surface area contributed by atoms with Crippen LogP contribution >= 0.6 is 27.5 Å². The topological polar surface area (TPSA) is 60.9 Å². The number of hydrogen-bond acceptors (Lipinski definition) is 4. The van der Waals surface area contributed by atoms with Crippen molar-refractivity contribution in [1.82, 2.24) is 14.9 Å². The molecule has 0 amide bonds. The Morgan fingerprint density at radius 2 is 2.00 bits per heavy atom. The molecule has 0 bridgehead atoms. The number of fused-ring (bicyclic) bond motifs is 1. The number of hydrogen-bond donors (Lipinski definition) is 0. The highest BCUT2D eigenvalue weighted by Crippen LogP contribution is 2.24. The third-order valence-electron chi connectivity index (χ3n) is 3.39. The lowest BCUT2D eigenvalue weighted by molar-refractivity contribution is 0.444. The minimum absolute atomic E-state index is 0.227. The Bertz CT molecular complexity index is 870. The fraction of sp³-hybridized carbons (Fsp3) is 0.214. The molecular weight excluding hydrogens is 358 g/mol. The summed E-state index contributed by atoms with van der Waals surface area (Å²) in [6.07, 6.45) is 0. The van der Waals surface area contributed by atoms with Crippen LogP contribution in [-0.2, 0) is 0 Å². The lowest BCUT2D eigenvalue weighted by atomic mass is 10.1. The number of benzene rings is 1. The average molecular weight is 369 g/mol. The van der Waals surface area contributed by atoms with E-state index >= 15 is 0 Å². The summed E-state index contributed by atoms with van der Waals surface area (Å²) in [5.74, 6) is 0. The Kier molecular flexibility index (Phi) is 3.59. The Hall–Kier alpha value is -1.66. The van der Waals surface area contributed by atoms with E-state index in [2.05, 4.69) is 26.2 Å². The van der Waals surface area contributed by atoms with Crippen molar-refractivity contribution < 1.29 is 4.52 Å². The third kappa shape index (κ3) is 2.38. The average Bonchev–Trinajstić information content (AvgIpc) is 2.86. The highest BCUT2D eigenvalue weighted by Gasteiger charge is 2.19. The lowest BCUT2D eigenvalue weighted by Gasteiger charge is -2.14. The van der Waals surface area contributed by atoms with E-state index < -0.39 is 0 Å². The van der Waals surface area contributed by atoms with Gasteiger partial charge in [0.15, 0.2) is 4.60 Å². The zero-order valence-corrected chi connectivity index (χ0v) is 13.6. The van der Waals surface area contributed by atoms with Crippen LogP contribution in [0.2, 0.25) is 5.02 Å². The quantitative estimate of drug-likeness (QED) is 0.691. The summed E-state index contributed by atoms with van der Waals surface area (Å²) in [6.45, 7) is 3.63. The van der Waals surface area contributed by atoms with Gasteiger partial charge in [0, 0.05) is 5.02 Å². The monoisotopic (exact) mass is 367 g/mol. The second-order valence-corrected chi connectivity index (χ2v) is 5.93. The molecule has 21 heavy (non-hydrogen) atoms. The molecule has 0 N–H and O–H groups in total. The van der Waals surface area contributed by atoms with Crippen molar-refractivity contribution in [2.75, 3.05) is 0 Å². The molecule has 108 valence electrons. The Morgan fingerprint density at radius 1 is 1.33 bits per heavy atom. The Balaban J connectivity index is 2.20. The number of aromatic nitrogens is 3. The molecule has 3 aromatic rings. The van der Waals surface area contributed by atoms with Gasteiger partial charge < -0.3 is 4.52 Å². The SMILES string of the molecule is Cc1noc2c(Br)nn([C@H](C)c3ccc(Cl)cc3)c(=O)c12. The van der Waals surface area contributed by atoms with E-state index in [9.17, 15) is 4.79 Å². The van der Waals surface area contributed by atoms with Gasteiger partial charge in [-0.3, -0.25) is 4.79 Å². The van der Waals surface area contributed by atoms with Crippen LogP contribution < -0.4 is 5.56 Å². The predicted octanol–water partition coefficient (Wildman–Crippen LogP) is 3.72. The molecule has 0 fully saturated rings.